The lowest BCUT2D eigenvalue weighted by Gasteiger charge is -2.26. The van der Waals surface area contributed by atoms with Crippen molar-refractivity contribution in [2.75, 3.05) is 11.4 Å². The summed E-state index contributed by atoms with van der Waals surface area (Å²) in [5, 5.41) is 7.57. The van der Waals surface area contributed by atoms with E-state index in [1.54, 1.807) is 0 Å². The fraction of sp³-hybridized carbons (Fsp3) is 0.261. The number of hydrogen-bond acceptors (Lipinski definition) is 4. The molecule has 2 heterocycles. The highest BCUT2D eigenvalue weighted by molar-refractivity contribution is 5.93. The van der Waals surface area contributed by atoms with Crippen molar-refractivity contribution in [1.82, 2.24) is 19.6 Å². The molecule has 0 N–H and O–H groups in total. The molecule has 2 aromatic heterocycles. The molecule has 5 nitrogen and oxygen atoms in total. The van der Waals surface area contributed by atoms with Gasteiger partial charge in [0.2, 0.25) is 0 Å². The minimum absolute atomic E-state index is 0.0124. The molecule has 0 spiro atoms. The van der Waals surface area contributed by atoms with Crippen LogP contribution >= 0.6 is 0 Å². The lowest BCUT2D eigenvalue weighted by atomic mass is 9.93. The van der Waals surface area contributed by atoms with E-state index in [9.17, 15) is 26.3 Å². The Morgan fingerprint density at radius 2 is 1.83 bits per heavy atom. The Labute approximate surface area is 194 Å². The molecular weight excluding hydrogens is 479 g/mol. The van der Waals surface area contributed by atoms with Crippen LogP contribution in [-0.2, 0) is 0 Å². The molecule has 2 aromatic carbocycles. The summed E-state index contributed by atoms with van der Waals surface area (Å²) in [7, 11) is 0. The molecule has 0 fully saturated rings. The summed E-state index contributed by atoms with van der Waals surface area (Å²) in [6.45, 7) is 0.622. The van der Waals surface area contributed by atoms with Crippen molar-refractivity contribution in [3.05, 3.63) is 59.9 Å². The van der Waals surface area contributed by atoms with Crippen LogP contribution in [-0.4, -0.2) is 38.7 Å². The Bertz CT molecular complexity index is 1460. The van der Waals surface area contributed by atoms with E-state index in [4.69, 9.17) is 0 Å². The fourth-order valence-corrected chi connectivity index (χ4v) is 3.29. The molecule has 0 aliphatic rings. The van der Waals surface area contributed by atoms with Crippen LogP contribution in [0.3, 0.4) is 0 Å². The van der Waals surface area contributed by atoms with E-state index in [1.165, 1.54) is 22.9 Å². The summed E-state index contributed by atoms with van der Waals surface area (Å²) < 4.78 is 97.6. The minimum atomic E-state index is -4.67. The number of nitrogens with zero attached hydrogens (tertiary/aromatic N) is 5. The van der Waals surface area contributed by atoms with Gasteiger partial charge in [0.1, 0.15) is 23.4 Å². The number of alkyl halides is 5. The highest BCUT2D eigenvalue weighted by Crippen LogP contribution is 2.37. The molecule has 0 amide bonds. The molecule has 4 rings (SSSR count). The third-order valence-electron chi connectivity index (χ3n) is 5.26. The largest absolute Gasteiger partial charge is 0.404 e. The first-order chi connectivity index (χ1) is 16.4. The van der Waals surface area contributed by atoms with Gasteiger partial charge in [0.25, 0.3) is 12.2 Å². The third-order valence-corrected chi connectivity index (χ3v) is 5.26. The molecule has 4 aromatic rings. The van der Waals surface area contributed by atoms with Crippen LogP contribution in [0.4, 0.5) is 42.2 Å². The minimum Gasteiger partial charge on any atom is -0.317 e. The van der Waals surface area contributed by atoms with Crippen LogP contribution in [0.2, 0.25) is 0 Å². The Morgan fingerprint density at radius 1 is 1.09 bits per heavy atom. The van der Waals surface area contributed by atoms with Gasteiger partial charge in [0, 0.05) is 5.39 Å². The van der Waals surface area contributed by atoms with E-state index < -0.39 is 47.4 Å². The van der Waals surface area contributed by atoms with Gasteiger partial charge in [-0.3, -0.25) is 4.40 Å². The smallest absolute Gasteiger partial charge is 0.317 e. The summed E-state index contributed by atoms with van der Waals surface area (Å²) in [6.07, 6.45) is -6.35. The average Bonchev–Trinajstić information content (AvgIpc) is 3.24. The Balaban J connectivity index is 1.93. The molecule has 0 aliphatic heterocycles. The zero-order valence-corrected chi connectivity index (χ0v) is 18.2. The monoisotopic (exact) mass is 495 g/mol. The van der Waals surface area contributed by atoms with E-state index in [-0.39, 0.29) is 17.0 Å². The maximum atomic E-state index is 15.5. The van der Waals surface area contributed by atoms with Crippen LogP contribution in [0.1, 0.15) is 19.4 Å². The lowest BCUT2D eigenvalue weighted by Crippen LogP contribution is -2.30. The predicted octanol–water partition coefficient (Wildman–Crippen LogP) is 5.90. The van der Waals surface area contributed by atoms with E-state index in [0.29, 0.717) is 5.52 Å². The normalized spacial score (nSPS) is 12.3. The number of rotatable bonds is 4. The molecule has 0 saturated heterocycles. The molecule has 35 heavy (non-hydrogen) atoms. The number of benzene rings is 2. The Kier molecular flexibility index (Phi) is 6.04. The van der Waals surface area contributed by atoms with Crippen molar-refractivity contribution in [3.8, 4) is 11.8 Å². The van der Waals surface area contributed by atoms with Crippen molar-refractivity contribution >= 4 is 28.2 Å². The van der Waals surface area contributed by atoms with Crippen molar-refractivity contribution in [3.63, 3.8) is 0 Å². The van der Waals surface area contributed by atoms with Gasteiger partial charge in [0.05, 0.1) is 23.3 Å². The van der Waals surface area contributed by atoms with Crippen LogP contribution in [0.5, 0.6) is 0 Å². The van der Waals surface area contributed by atoms with Crippen molar-refractivity contribution in [2.45, 2.75) is 26.4 Å². The summed E-state index contributed by atoms with van der Waals surface area (Å²) in [5.41, 5.74) is -2.98. The van der Waals surface area contributed by atoms with Crippen LogP contribution in [0.15, 0.2) is 42.7 Å². The highest BCUT2D eigenvalue weighted by atomic mass is 19.4. The van der Waals surface area contributed by atoms with Gasteiger partial charge in [-0.2, -0.15) is 18.2 Å². The van der Waals surface area contributed by atoms with Crippen molar-refractivity contribution in [1.29, 1.82) is 0 Å². The van der Waals surface area contributed by atoms with E-state index in [1.807, 2.05) is 5.92 Å². The van der Waals surface area contributed by atoms with Crippen LogP contribution in [0, 0.1) is 28.9 Å². The second-order valence-electron chi connectivity index (χ2n) is 8.11. The van der Waals surface area contributed by atoms with Crippen LogP contribution in [0.25, 0.3) is 16.7 Å². The van der Waals surface area contributed by atoms with Crippen molar-refractivity contribution in [2.24, 2.45) is 5.41 Å². The number of halogens is 7. The number of aromatic nitrogens is 4. The first-order valence-electron chi connectivity index (χ1n) is 10.1. The molecule has 0 unspecified atom stereocenters. The molecule has 0 radical (unpaired) electrons. The van der Waals surface area contributed by atoms with Crippen LogP contribution < -0.4 is 4.90 Å². The third kappa shape index (κ3) is 4.58. The number of hydrogen-bond donors (Lipinski definition) is 0. The van der Waals surface area contributed by atoms with Gasteiger partial charge in [-0.05, 0) is 44.2 Å². The van der Waals surface area contributed by atoms with Gasteiger partial charge in [-0.25, -0.2) is 17.6 Å². The first kappa shape index (κ1) is 24.3. The average molecular weight is 495 g/mol. The maximum absolute atomic E-state index is 15.5. The van der Waals surface area contributed by atoms with Crippen molar-refractivity contribution < 1.29 is 30.7 Å². The van der Waals surface area contributed by atoms with Gasteiger partial charge < -0.3 is 4.90 Å². The summed E-state index contributed by atoms with van der Waals surface area (Å²) in [5.74, 6) is 2.08. The second-order valence-corrected chi connectivity index (χ2v) is 8.11. The van der Waals surface area contributed by atoms with Gasteiger partial charge in [-0.1, -0.05) is 17.9 Å². The second kappa shape index (κ2) is 8.72. The number of fused-ring (bicyclic) bond motifs is 3. The standard InChI is InChI=1S/C23H16F7N5/c1-22(2,23(28,29)30)9-8-13-4-3-5-17(19(13)27)34(11-18(25)26)20-15-10-14(24)6-7-16(15)35-12-31-33-21(35)32-20/h3-7,10,12,18H,11H2,1-2H3. The fourth-order valence-electron chi connectivity index (χ4n) is 3.29. The highest BCUT2D eigenvalue weighted by Gasteiger charge is 2.46. The molecule has 182 valence electrons. The molecular formula is C23H16F7N5. The quantitative estimate of drug-likeness (QED) is 0.261. The summed E-state index contributed by atoms with van der Waals surface area (Å²) in [4.78, 5) is 5.00. The SMILES string of the molecule is CC(C)(C#Cc1cccc(N(CC(F)F)c2nc3nncn3c3ccc(F)cc23)c1F)C(F)(F)F. The zero-order valence-electron chi connectivity index (χ0n) is 18.2. The molecule has 0 bridgehead atoms. The Hall–Kier alpha value is -3.88. The maximum Gasteiger partial charge on any atom is 0.404 e. The molecule has 12 heteroatoms. The van der Waals surface area contributed by atoms with Gasteiger partial charge in [-0.15, -0.1) is 10.2 Å². The summed E-state index contributed by atoms with van der Waals surface area (Å²) in [6, 6.07) is 7.10. The first-order valence-corrected chi connectivity index (χ1v) is 10.1. The molecule has 0 saturated carbocycles. The van der Waals surface area contributed by atoms with Gasteiger partial charge >= 0.3 is 6.18 Å². The number of anilines is 2. The topological polar surface area (TPSA) is 46.3 Å². The van der Waals surface area contributed by atoms with E-state index in [2.05, 4.69) is 21.1 Å². The van der Waals surface area contributed by atoms with E-state index in [0.717, 1.165) is 43.0 Å². The predicted molar refractivity (Wildman–Crippen MR) is 114 cm³/mol. The lowest BCUT2D eigenvalue weighted by molar-refractivity contribution is -0.190. The zero-order chi connectivity index (χ0) is 25.5. The van der Waals surface area contributed by atoms with Gasteiger partial charge in [0.15, 0.2) is 5.82 Å². The Morgan fingerprint density at radius 3 is 2.51 bits per heavy atom. The molecule has 0 atom stereocenters. The van der Waals surface area contributed by atoms with E-state index >= 15 is 4.39 Å². The summed E-state index contributed by atoms with van der Waals surface area (Å²) >= 11 is 0. The molecule has 0 aliphatic carbocycles.